The van der Waals surface area contributed by atoms with Crippen LogP contribution in [0.4, 0.5) is 5.69 Å². The highest BCUT2D eigenvalue weighted by Gasteiger charge is 2.44. The monoisotopic (exact) mass is 422 g/mol. The summed E-state index contributed by atoms with van der Waals surface area (Å²) in [5, 5.41) is 7.48. The van der Waals surface area contributed by atoms with E-state index in [1.54, 1.807) is 7.11 Å². The summed E-state index contributed by atoms with van der Waals surface area (Å²) in [6.45, 7) is 5.27. The van der Waals surface area contributed by atoms with Crippen LogP contribution < -0.4 is 10.1 Å². The number of oxime groups is 1. The van der Waals surface area contributed by atoms with Crippen LogP contribution in [0.2, 0.25) is 0 Å². The normalized spacial score (nSPS) is 20.0. The first kappa shape index (κ1) is 21.4. The third-order valence-corrected chi connectivity index (χ3v) is 6.47. The Balaban J connectivity index is 1.48. The maximum absolute atomic E-state index is 13.4. The number of rotatable bonds is 6. The summed E-state index contributed by atoms with van der Waals surface area (Å²) < 4.78 is 11.0. The summed E-state index contributed by atoms with van der Waals surface area (Å²) in [4.78, 5) is 19.2. The molecule has 1 amide bonds. The molecule has 1 atom stereocenters. The molecule has 2 aromatic rings. The zero-order valence-corrected chi connectivity index (χ0v) is 18.4. The number of benzene rings is 2. The molecule has 31 heavy (non-hydrogen) atoms. The lowest BCUT2D eigenvalue weighted by Gasteiger charge is -2.37. The number of nitrogens with one attached hydrogen (secondary N) is 1. The third-order valence-electron chi connectivity index (χ3n) is 6.47. The molecule has 0 radical (unpaired) electrons. The minimum Gasteiger partial charge on any atom is -0.496 e. The summed E-state index contributed by atoms with van der Waals surface area (Å²) in [7, 11) is 1.65. The van der Waals surface area contributed by atoms with E-state index in [0.717, 1.165) is 28.3 Å². The van der Waals surface area contributed by atoms with Gasteiger partial charge in [-0.2, -0.15) is 0 Å². The Kier molecular flexibility index (Phi) is 6.28. The Morgan fingerprint density at radius 3 is 2.68 bits per heavy atom. The largest absolute Gasteiger partial charge is 0.496 e. The molecule has 0 bridgehead atoms. The van der Waals surface area contributed by atoms with Crippen molar-refractivity contribution in [1.82, 2.24) is 0 Å². The van der Waals surface area contributed by atoms with Crippen molar-refractivity contribution in [2.75, 3.05) is 25.6 Å². The van der Waals surface area contributed by atoms with Gasteiger partial charge in [0.05, 0.1) is 18.2 Å². The van der Waals surface area contributed by atoms with Crippen LogP contribution in [-0.2, 0) is 14.4 Å². The number of carbonyl (C=O) groups excluding carboxylic acids is 1. The average molecular weight is 423 g/mol. The Morgan fingerprint density at radius 2 is 1.94 bits per heavy atom. The van der Waals surface area contributed by atoms with Crippen LogP contribution in [0.1, 0.15) is 42.4 Å². The molecular formula is C25H30N2O4. The molecule has 0 saturated carbocycles. The lowest BCUT2D eigenvalue weighted by atomic mass is 9.74. The number of para-hydroxylation sites is 1. The quantitative estimate of drug-likeness (QED) is 0.737. The van der Waals surface area contributed by atoms with Gasteiger partial charge in [0, 0.05) is 37.3 Å². The number of amides is 1. The lowest BCUT2D eigenvalue weighted by Crippen LogP contribution is -2.43. The molecule has 1 fully saturated rings. The van der Waals surface area contributed by atoms with E-state index in [4.69, 9.17) is 14.3 Å². The number of hydrogen-bond acceptors (Lipinski definition) is 5. The number of aryl methyl sites for hydroxylation is 2. The minimum atomic E-state index is -0.534. The van der Waals surface area contributed by atoms with Crippen molar-refractivity contribution in [1.29, 1.82) is 0 Å². The van der Waals surface area contributed by atoms with Crippen molar-refractivity contribution in [2.45, 2.75) is 45.6 Å². The molecule has 2 heterocycles. The summed E-state index contributed by atoms with van der Waals surface area (Å²) in [5.74, 6) is 0.812. The van der Waals surface area contributed by atoms with Crippen LogP contribution in [0, 0.1) is 19.3 Å². The molecule has 0 unspecified atom stereocenters. The Bertz CT molecular complexity index is 979. The van der Waals surface area contributed by atoms with E-state index in [-0.39, 0.29) is 12.0 Å². The number of anilines is 1. The van der Waals surface area contributed by atoms with Crippen LogP contribution >= 0.6 is 0 Å². The second-order valence-corrected chi connectivity index (χ2v) is 8.52. The van der Waals surface area contributed by atoms with Gasteiger partial charge in [0.2, 0.25) is 5.91 Å². The van der Waals surface area contributed by atoms with Crippen molar-refractivity contribution in [3.8, 4) is 5.75 Å². The Hall–Kier alpha value is -2.86. The predicted molar refractivity (Wildman–Crippen MR) is 121 cm³/mol. The molecule has 2 aromatic carbocycles. The van der Waals surface area contributed by atoms with E-state index >= 15 is 0 Å². The molecule has 0 aliphatic carbocycles. The Morgan fingerprint density at radius 1 is 1.16 bits per heavy atom. The molecule has 6 nitrogen and oxygen atoms in total. The fraction of sp³-hybridized carbons (Fsp3) is 0.440. The van der Waals surface area contributed by atoms with Crippen LogP contribution in [0.15, 0.2) is 47.6 Å². The topological polar surface area (TPSA) is 69.2 Å². The maximum atomic E-state index is 13.4. The van der Waals surface area contributed by atoms with Crippen LogP contribution in [0.25, 0.3) is 0 Å². The molecular weight excluding hydrogens is 392 g/mol. The van der Waals surface area contributed by atoms with Crippen LogP contribution in [0.3, 0.4) is 0 Å². The highest BCUT2D eigenvalue weighted by molar-refractivity contribution is 6.03. The standard InChI is InChI=1S/C25H30N2O4/c1-17-8-9-19(14-18(17)2)26-24(28)25(10-12-30-13-11-25)16-20-15-22(27-31-20)21-6-4-5-7-23(21)29-3/h4-9,14,20H,10-13,15-16H2,1-3H3,(H,26,28)/t20-/m0/s1. The summed E-state index contributed by atoms with van der Waals surface area (Å²) in [6.07, 6.45) is 2.46. The van der Waals surface area contributed by atoms with E-state index in [0.29, 0.717) is 38.9 Å². The summed E-state index contributed by atoms with van der Waals surface area (Å²) in [5.41, 5.74) is 4.46. The number of hydrogen-bond donors (Lipinski definition) is 1. The van der Waals surface area contributed by atoms with Crippen LogP contribution in [-0.4, -0.2) is 38.0 Å². The van der Waals surface area contributed by atoms with E-state index in [1.165, 1.54) is 5.56 Å². The third kappa shape index (κ3) is 4.59. The fourth-order valence-electron chi connectivity index (χ4n) is 4.38. The van der Waals surface area contributed by atoms with Crippen molar-refractivity contribution >= 4 is 17.3 Å². The molecule has 2 aliphatic heterocycles. The van der Waals surface area contributed by atoms with Gasteiger partial charge in [-0.3, -0.25) is 4.79 Å². The lowest BCUT2D eigenvalue weighted by molar-refractivity contribution is -0.134. The average Bonchev–Trinajstić information content (AvgIpc) is 3.25. The zero-order chi connectivity index (χ0) is 21.8. The van der Waals surface area contributed by atoms with Gasteiger partial charge in [-0.1, -0.05) is 23.4 Å². The van der Waals surface area contributed by atoms with Gasteiger partial charge in [-0.05, 0) is 62.1 Å². The summed E-state index contributed by atoms with van der Waals surface area (Å²) in [6, 6.07) is 13.8. The van der Waals surface area contributed by atoms with Gasteiger partial charge in [0.1, 0.15) is 11.9 Å². The zero-order valence-electron chi connectivity index (χ0n) is 18.4. The van der Waals surface area contributed by atoms with Crippen molar-refractivity contribution in [2.24, 2.45) is 10.6 Å². The Labute approximate surface area is 183 Å². The van der Waals surface area contributed by atoms with E-state index in [9.17, 15) is 4.79 Å². The summed E-state index contributed by atoms with van der Waals surface area (Å²) >= 11 is 0. The van der Waals surface area contributed by atoms with Crippen molar-refractivity contribution in [3.63, 3.8) is 0 Å². The van der Waals surface area contributed by atoms with Crippen molar-refractivity contribution < 1.29 is 19.1 Å². The van der Waals surface area contributed by atoms with Gasteiger partial charge in [-0.25, -0.2) is 0 Å². The highest BCUT2D eigenvalue weighted by Crippen LogP contribution is 2.40. The van der Waals surface area contributed by atoms with Crippen LogP contribution in [0.5, 0.6) is 5.75 Å². The van der Waals surface area contributed by atoms with Gasteiger partial charge < -0.3 is 19.6 Å². The van der Waals surface area contributed by atoms with Gasteiger partial charge in [0.25, 0.3) is 0 Å². The molecule has 1 saturated heterocycles. The van der Waals surface area contributed by atoms with E-state index in [1.807, 2.05) is 42.5 Å². The first-order chi connectivity index (χ1) is 15.0. The second-order valence-electron chi connectivity index (χ2n) is 8.52. The number of nitrogens with zero attached hydrogens (tertiary/aromatic N) is 1. The molecule has 2 aliphatic rings. The smallest absolute Gasteiger partial charge is 0.230 e. The van der Waals surface area contributed by atoms with Gasteiger partial charge >= 0.3 is 0 Å². The SMILES string of the molecule is COc1ccccc1C1=NO[C@H](CC2(C(=O)Nc3ccc(C)c(C)c3)CCOCC2)C1. The first-order valence-corrected chi connectivity index (χ1v) is 10.8. The highest BCUT2D eigenvalue weighted by atomic mass is 16.6. The maximum Gasteiger partial charge on any atom is 0.230 e. The number of methoxy groups -OCH3 is 1. The minimum absolute atomic E-state index is 0.0356. The number of ether oxygens (including phenoxy) is 2. The van der Waals surface area contributed by atoms with E-state index in [2.05, 4.69) is 24.3 Å². The molecule has 0 spiro atoms. The predicted octanol–water partition coefficient (Wildman–Crippen LogP) is 4.63. The van der Waals surface area contributed by atoms with Gasteiger partial charge in [0.15, 0.2) is 0 Å². The van der Waals surface area contributed by atoms with E-state index < -0.39 is 5.41 Å². The molecule has 4 rings (SSSR count). The fourth-order valence-corrected chi connectivity index (χ4v) is 4.38. The van der Waals surface area contributed by atoms with Crippen molar-refractivity contribution in [3.05, 3.63) is 59.2 Å². The molecule has 6 heteroatoms. The first-order valence-electron chi connectivity index (χ1n) is 10.8. The number of carbonyl (C=O) groups is 1. The second kappa shape index (κ2) is 9.10. The molecule has 164 valence electrons. The molecule has 1 N–H and O–H groups in total. The van der Waals surface area contributed by atoms with Gasteiger partial charge in [-0.15, -0.1) is 0 Å². The molecule has 0 aromatic heterocycles.